The summed E-state index contributed by atoms with van der Waals surface area (Å²) in [4.78, 5) is 5.50. The van der Waals surface area contributed by atoms with Crippen molar-refractivity contribution in [1.82, 2.24) is 0 Å². The number of thiophene rings is 1. The summed E-state index contributed by atoms with van der Waals surface area (Å²) < 4.78 is 2.86. The van der Waals surface area contributed by atoms with E-state index in [2.05, 4.69) is 274 Å². The van der Waals surface area contributed by atoms with Gasteiger partial charge in [-0.1, -0.05) is 191 Å². The minimum Gasteiger partial charge on any atom is -0.311 e. The first-order chi connectivity index (χ1) is 36.8. The average Bonchev–Trinajstić information content (AvgIpc) is 2.84. The molecule has 7 aromatic carbocycles. The van der Waals surface area contributed by atoms with E-state index in [0.29, 0.717) is 0 Å². The third-order valence-electron chi connectivity index (χ3n) is 20.8. The molecule has 3 aliphatic carbocycles. The highest BCUT2D eigenvalue weighted by Crippen LogP contribution is 2.57. The van der Waals surface area contributed by atoms with Gasteiger partial charge in [0.25, 0.3) is 6.71 Å². The van der Waals surface area contributed by atoms with Crippen molar-refractivity contribution in [3.05, 3.63) is 183 Å². The lowest BCUT2D eigenvalue weighted by Gasteiger charge is -2.48. The fourth-order valence-corrected chi connectivity index (χ4v) is 16.8. The molecule has 404 valence electrons. The topological polar surface area (TPSA) is 6.48 Å². The van der Waals surface area contributed by atoms with E-state index < -0.39 is 0 Å². The molecule has 0 amide bonds. The van der Waals surface area contributed by atoms with Crippen molar-refractivity contribution in [2.75, 3.05) is 9.80 Å². The average molecular weight is 1060 g/mol. The molecule has 0 fully saturated rings. The van der Waals surface area contributed by atoms with Gasteiger partial charge in [-0.05, 0) is 197 Å². The second-order valence-electron chi connectivity index (χ2n) is 30.9. The highest BCUT2D eigenvalue weighted by atomic mass is 32.1. The number of anilines is 6. The first-order valence-electron chi connectivity index (χ1n) is 29.9. The summed E-state index contributed by atoms with van der Waals surface area (Å²) in [5, 5.41) is 1.40. The number of benzene rings is 7. The predicted molar refractivity (Wildman–Crippen MR) is 345 cm³/mol. The van der Waals surface area contributed by atoms with Crippen LogP contribution >= 0.6 is 11.3 Å². The van der Waals surface area contributed by atoms with E-state index in [1.165, 1.54) is 158 Å². The van der Waals surface area contributed by atoms with Crippen LogP contribution in [-0.4, -0.2) is 6.71 Å². The molecule has 2 aliphatic heterocycles. The van der Waals surface area contributed by atoms with Crippen molar-refractivity contribution in [1.29, 1.82) is 0 Å². The molecular formula is C75H85BN2S. The Bertz CT molecular complexity index is 3890. The van der Waals surface area contributed by atoms with Crippen LogP contribution in [0.4, 0.5) is 34.1 Å². The second-order valence-corrected chi connectivity index (χ2v) is 31.9. The Kier molecular flexibility index (Phi) is 11.1. The summed E-state index contributed by atoms with van der Waals surface area (Å²) in [6.07, 6.45) is 4.74. The van der Waals surface area contributed by atoms with Crippen LogP contribution in [0.25, 0.3) is 21.2 Å². The molecule has 0 bridgehead atoms. The molecule has 5 aliphatic rings. The Balaban J connectivity index is 1.18. The molecule has 79 heavy (non-hydrogen) atoms. The molecule has 0 saturated carbocycles. The maximum absolute atomic E-state index is 2.77. The summed E-state index contributed by atoms with van der Waals surface area (Å²) >= 11 is 2.08. The first kappa shape index (κ1) is 52.5. The van der Waals surface area contributed by atoms with Gasteiger partial charge in [0.15, 0.2) is 0 Å². The zero-order valence-corrected chi connectivity index (χ0v) is 52.1. The molecule has 0 radical (unpaired) electrons. The van der Waals surface area contributed by atoms with Crippen LogP contribution in [0, 0.1) is 6.92 Å². The van der Waals surface area contributed by atoms with Gasteiger partial charge in [0, 0.05) is 54.0 Å². The van der Waals surface area contributed by atoms with Crippen LogP contribution < -0.4 is 25.5 Å². The normalized spacial score (nSPS) is 19.4. The van der Waals surface area contributed by atoms with Crippen molar-refractivity contribution >= 4 is 78.0 Å². The lowest BCUT2D eigenvalue weighted by atomic mass is 9.35. The third-order valence-corrected chi connectivity index (χ3v) is 22.0. The van der Waals surface area contributed by atoms with E-state index in [1.54, 1.807) is 0 Å². The van der Waals surface area contributed by atoms with Gasteiger partial charge in [0.1, 0.15) is 0 Å². The highest BCUT2D eigenvalue weighted by molar-refractivity contribution is 7.33. The molecule has 13 rings (SSSR count). The Labute approximate surface area is 479 Å². The molecule has 8 aromatic rings. The number of hydrogen-bond donors (Lipinski definition) is 0. The smallest absolute Gasteiger partial charge is 0.264 e. The van der Waals surface area contributed by atoms with Crippen molar-refractivity contribution in [2.45, 2.75) is 201 Å². The molecule has 3 heterocycles. The lowest BCUT2D eigenvalue weighted by molar-refractivity contribution is 0.332. The maximum Gasteiger partial charge on any atom is 0.264 e. The van der Waals surface area contributed by atoms with Crippen LogP contribution in [0.15, 0.2) is 121 Å². The van der Waals surface area contributed by atoms with E-state index in [0.717, 1.165) is 0 Å². The van der Waals surface area contributed by atoms with Crippen molar-refractivity contribution in [2.24, 2.45) is 0 Å². The van der Waals surface area contributed by atoms with Gasteiger partial charge in [-0.15, -0.1) is 11.3 Å². The summed E-state index contributed by atoms with van der Waals surface area (Å²) in [6.45, 7) is 46.2. The number of aryl methyl sites for hydroxylation is 1. The number of rotatable bonds is 3. The third kappa shape index (κ3) is 7.67. The molecule has 1 aromatic heterocycles. The van der Waals surface area contributed by atoms with Gasteiger partial charge in [-0.2, -0.15) is 0 Å². The molecule has 4 heteroatoms. The summed E-state index contributed by atoms with van der Waals surface area (Å²) in [5.74, 6) is 0. The minimum absolute atomic E-state index is 0.00343. The van der Waals surface area contributed by atoms with E-state index in [-0.39, 0.29) is 50.0 Å². The fraction of sp³-hybridized carbons (Fsp3) is 0.413. The quantitative estimate of drug-likeness (QED) is 0.163. The molecule has 0 N–H and O–H groups in total. The lowest BCUT2D eigenvalue weighted by Crippen LogP contribution is -2.61. The monoisotopic (exact) mass is 1060 g/mol. The van der Waals surface area contributed by atoms with Crippen LogP contribution in [0.5, 0.6) is 0 Å². The second kappa shape index (κ2) is 16.6. The molecule has 0 unspecified atom stereocenters. The van der Waals surface area contributed by atoms with E-state index in [4.69, 9.17) is 0 Å². The fourth-order valence-electron chi connectivity index (χ4n) is 15.4. The Hall–Kier alpha value is -5.84. The largest absolute Gasteiger partial charge is 0.311 e. The van der Waals surface area contributed by atoms with Crippen LogP contribution in [-0.2, 0) is 43.3 Å². The summed E-state index contributed by atoms with van der Waals surface area (Å²) in [5.41, 5.74) is 28.6. The Morgan fingerprint density at radius 2 is 0.962 bits per heavy atom. The van der Waals surface area contributed by atoms with E-state index in [9.17, 15) is 0 Å². The SMILES string of the molecule is Cc1cc2c3c(c1)N(c1ccc4c(c1)C(C)(C)CCC4(C)C)c1c(sc4cc5c(cc14)C(C)(C)CCC5(C)C)B3c1cc3c(cc1N2c1ccc(C(C)(C)C)cc1-c1ccc(C(C)(C)C)cc1)C(C)(C)c1ccccc1C3(C)C. The van der Waals surface area contributed by atoms with Crippen LogP contribution in [0.1, 0.15) is 212 Å². The number of hydrogen-bond acceptors (Lipinski definition) is 3. The van der Waals surface area contributed by atoms with Gasteiger partial charge >= 0.3 is 0 Å². The van der Waals surface area contributed by atoms with Gasteiger partial charge in [-0.25, -0.2) is 0 Å². The first-order valence-corrected chi connectivity index (χ1v) is 30.7. The zero-order chi connectivity index (χ0) is 56.3. The predicted octanol–water partition coefficient (Wildman–Crippen LogP) is 19.2. The highest BCUT2D eigenvalue weighted by Gasteiger charge is 2.50. The van der Waals surface area contributed by atoms with Gasteiger partial charge in [0.2, 0.25) is 0 Å². The number of fused-ring (bicyclic) bond motifs is 10. The standard InChI is InChI=1S/C75H85BN2S/c1-44-36-62-65-63(37-44)78(60-31-28-47(69(5,6)7)38-49(60)45-24-26-46(27-25-45)68(2,3)4)61-42-58-57(74(16,17)52-22-20-21-23-53(52)75(58,18)19)41-59(61)76(65)67-66(50-40-55-56(43-64(50)79-67)73(14,15)35-34-72(55,12)13)77(62)48-29-30-51-54(39-48)71(10,11)33-32-70(51,8)9/h20-31,36-43H,32-35H2,1-19H3. The van der Waals surface area contributed by atoms with Gasteiger partial charge in [0.05, 0.1) is 11.4 Å². The Morgan fingerprint density at radius 3 is 1.54 bits per heavy atom. The zero-order valence-electron chi connectivity index (χ0n) is 51.3. The maximum atomic E-state index is 2.77. The van der Waals surface area contributed by atoms with Crippen molar-refractivity contribution < 1.29 is 0 Å². The van der Waals surface area contributed by atoms with E-state index in [1.807, 2.05) is 0 Å². The van der Waals surface area contributed by atoms with Gasteiger partial charge in [-0.3, -0.25) is 0 Å². The van der Waals surface area contributed by atoms with E-state index >= 15 is 0 Å². The molecule has 0 atom stereocenters. The van der Waals surface area contributed by atoms with Crippen molar-refractivity contribution in [3.8, 4) is 11.1 Å². The Morgan fingerprint density at radius 1 is 0.443 bits per heavy atom. The summed E-state index contributed by atoms with van der Waals surface area (Å²) in [7, 11) is 0. The van der Waals surface area contributed by atoms with Crippen molar-refractivity contribution in [3.63, 3.8) is 0 Å². The molecule has 0 spiro atoms. The van der Waals surface area contributed by atoms with Crippen LogP contribution in [0.2, 0.25) is 0 Å². The number of nitrogens with zero attached hydrogens (tertiary/aromatic N) is 2. The minimum atomic E-state index is -0.235. The summed E-state index contributed by atoms with van der Waals surface area (Å²) in [6, 6.07) is 49.7. The molecular weight excluding hydrogens is 972 g/mol. The van der Waals surface area contributed by atoms with Crippen LogP contribution in [0.3, 0.4) is 0 Å². The molecule has 0 saturated heterocycles. The molecule has 2 nitrogen and oxygen atoms in total. The van der Waals surface area contributed by atoms with Gasteiger partial charge < -0.3 is 9.80 Å².